The molecule has 0 radical (unpaired) electrons. The van der Waals surface area contributed by atoms with E-state index in [4.69, 9.17) is 23.2 Å². The Morgan fingerprint density at radius 3 is 2.24 bits per heavy atom. The second kappa shape index (κ2) is 4.88. The third-order valence-corrected chi connectivity index (χ3v) is 3.95. The van der Waals surface area contributed by atoms with Crippen molar-refractivity contribution >= 4 is 39.1 Å². The molecule has 0 aliphatic carbocycles. The second-order valence-electron chi connectivity index (χ2n) is 3.62. The van der Waals surface area contributed by atoms with Crippen molar-refractivity contribution in [3.63, 3.8) is 0 Å². The maximum Gasteiger partial charge on any atom is 0.181 e. The van der Waals surface area contributed by atoms with Crippen molar-refractivity contribution in [1.82, 2.24) is 15.0 Å². The van der Waals surface area contributed by atoms with Gasteiger partial charge in [0.25, 0.3) is 0 Å². The normalized spacial score (nSPS) is 10.6. The molecular formula is C11H8BrCl2N3. The van der Waals surface area contributed by atoms with E-state index in [9.17, 15) is 0 Å². The van der Waals surface area contributed by atoms with Crippen molar-refractivity contribution < 1.29 is 0 Å². The van der Waals surface area contributed by atoms with Crippen molar-refractivity contribution in [3.05, 3.63) is 38.2 Å². The summed E-state index contributed by atoms with van der Waals surface area (Å²) in [7, 11) is 0. The lowest BCUT2D eigenvalue weighted by molar-refractivity contribution is 1.11. The number of hydrogen-bond acceptors (Lipinski definition) is 3. The van der Waals surface area contributed by atoms with Crippen LogP contribution in [-0.2, 0) is 0 Å². The lowest BCUT2D eigenvalue weighted by atomic mass is 10.1. The first-order valence-electron chi connectivity index (χ1n) is 4.81. The minimum absolute atomic E-state index is 0.279. The van der Waals surface area contributed by atoms with Gasteiger partial charge in [0.2, 0.25) is 0 Å². The van der Waals surface area contributed by atoms with E-state index in [-0.39, 0.29) is 10.3 Å². The summed E-state index contributed by atoms with van der Waals surface area (Å²) < 4.78 is 0.495. The van der Waals surface area contributed by atoms with E-state index in [0.29, 0.717) is 16.0 Å². The number of aryl methyl sites for hydroxylation is 2. The molecule has 6 heteroatoms. The van der Waals surface area contributed by atoms with Gasteiger partial charge in [-0.25, -0.2) is 9.97 Å². The fourth-order valence-corrected chi connectivity index (χ4v) is 2.01. The quantitative estimate of drug-likeness (QED) is 0.734. The average molecular weight is 333 g/mol. The molecule has 0 bridgehead atoms. The van der Waals surface area contributed by atoms with Crippen molar-refractivity contribution in [2.24, 2.45) is 0 Å². The van der Waals surface area contributed by atoms with E-state index in [2.05, 4.69) is 30.9 Å². The molecule has 3 nitrogen and oxygen atoms in total. The van der Waals surface area contributed by atoms with Crippen molar-refractivity contribution in [2.45, 2.75) is 13.8 Å². The van der Waals surface area contributed by atoms with Crippen LogP contribution < -0.4 is 0 Å². The first-order chi connectivity index (χ1) is 7.99. The standard InChI is InChI=1S/C11H8BrCl2N3/c1-5-3-6(2)8(15-4-5)11-16-9(13)7(12)10(14)17-11/h3-4H,1-2H3. The van der Waals surface area contributed by atoms with Gasteiger partial charge in [0.05, 0.1) is 4.47 Å². The highest BCUT2D eigenvalue weighted by Gasteiger charge is 2.13. The summed E-state index contributed by atoms with van der Waals surface area (Å²) in [6, 6.07) is 2.01. The summed E-state index contributed by atoms with van der Waals surface area (Å²) >= 11 is 15.1. The molecule has 2 aromatic rings. The zero-order chi connectivity index (χ0) is 12.6. The zero-order valence-electron chi connectivity index (χ0n) is 9.13. The molecule has 17 heavy (non-hydrogen) atoms. The first kappa shape index (κ1) is 12.7. The summed E-state index contributed by atoms with van der Waals surface area (Å²) in [6.45, 7) is 3.93. The number of aromatic nitrogens is 3. The highest BCUT2D eigenvalue weighted by molar-refractivity contribution is 9.10. The number of hydrogen-bond donors (Lipinski definition) is 0. The average Bonchev–Trinajstić information content (AvgIpc) is 2.25. The minimum atomic E-state index is 0.279. The Morgan fingerprint density at radius 2 is 1.71 bits per heavy atom. The van der Waals surface area contributed by atoms with Crippen molar-refractivity contribution in [1.29, 1.82) is 0 Å². The van der Waals surface area contributed by atoms with Gasteiger partial charge in [-0.15, -0.1) is 0 Å². The molecule has 0 saturated carbocycles. The lowest BCUT2D eigenvalue weighted by Crippen LogP contribution is -1.97. The van der Waals surface area contributed by atoms with Crippen LogP contribution in [0.5, 0.6) is 0 Å². The molecule has 2 rings (SSSR count). The van der Waals surface area contributed by atoms with Gasteiger partial charge in [-0.1, -0.05) is 29.3 Å². The smallest absolute Gasteiger partial charge is 0.181 e. The van der Waals surface area contributed by atoms with Crippen LogP contribution in [0.25, 0.3) is 11.5 Å². The second-order valence-corrected chi connectivity index (χ2v) is 5.13. The lowest BCUT2D eigenvalue weighted by Gasteiger charge is -2.06. The van der Waals surface area contributed by atoms with Gasteiger partial charge in [0.15, 0.2) is 5.82 Å². The summed E-state index contributed by atoms with van der Waals surface area (Å²) in [5, 5.41) is 0.559. The van der Waals surface area contributed by atoms with Gasteiger partial charge in [0, 0.05) is 6.20 Å². The van der Waals surface area contributed by atoms with Crippen molar-refractivity contribution in [2.75, 3.05) is 0 Å². The Labute approximate surface area is 117 Å². The number of halogens is 3. The zero-order valence-corrected chi connectivity index (χ0v) is 12.2. The Morgan fingerprint density at radius 1 is 1.12 bits per heavy atom. The largest absolute Gasteiger partial charge is 0.252 e. The van der Waals surface area contributed by atoms with E-state index >= 15 is 0 Å². The topological polar surface area (TPSA) is 38.7 Å². The van der Waals surface area contributed by atoms with E-state index in [1.165, 1.54) is 0 Å². The molecule has 0 spiro atoms. The molecule has 2 aromatic heterocycles. The van der Waals surface area contributed by atoms with Crippen LogP contribution in [-0.4, -0.2) is 15.0 Å². The van der Waals surface area contributed by atoms with Crippen LogP contribution in [0, 0.1) is 13.8 Å². The van der Waals surface area contributed by atoms with E-state index in [1.54, 1.807) is 6.20 Å². The summed E-state index contributed by atoms with van der Waals surface area (Å²) in [4.78, 5) is 12.6. The van der Waals surface area contributed by atoms with E-state index in [0.717, 1.165) is 11.1 Å². The Hall–Kier alpha value is -0.710. The van der Waals surface area contributed by atoms with E-state index < -0.39 is 0 Å². The molecule has 0 fully saturated rings. The van der Waals surface area contributed by atoms with Gasteiger partial charge < -0.3 is 0 Å². The SMILES string of the molecule is Cc1cnc(-c2nc(Cl)c(Br)c(Cl)n2)c(C)c1. The first-order valence-corrected chi connectivity index (χ1v) is 6.36. The van der Waals surface area contributed by atoms with Crippen LogP contribution in [0.2, 0.25) is 10.3 Å². The Bertz CT molecular complexity index is 564. The molecule has 0 aromatic carbocycles. The predicted molar refractivity (Wildman–Crippen MR) is 72.5 cm³/mol. The Balaban J connectivity index is 2.61. The minimum Gasteiger partial charge on any atom is -0.252 e. The summed E-state index contributed by atoms with van der Waals surface area (Å²) in [5.41, 5.74) is 2.76. The predicted octanol–water partition coefficient (Wildman–Crippen LogP) is 4.22. The fraction of sp³-hybridized carbons (Fsp3) is 0.182. The Kier molecular flexibility index (Phi) is 3.66. The molecule has 0 N–H and O–H groups in total. The van der Waals surface area contributed by atoms with Crippen LogP contribution in [0.3, 0.4) is 0 Å². The maximum atomic E-state index is 5.94. The monoisotopic (exact) mass is 331 g/mol. The third-order valence-electron chi connectivity index (χ3n) is 2.20. The van der Waals surface area contributed by atoms with Crippen LogP contribution >= 0.6 is 39.1 Å². The van der Waals surface area contributed by atoms with Gasteiger partial charge in [-0.05, 0) is 40.9 Å². The summed E-state index contributed by atoms with van der Waals surface area (Å²) in [6.07, 6.45) is 1.76. The molecule has 0 atom stereocenters. The number of pyridine rings is 1. The molecule has 2 heterocycles. The van der Waals surface area contributed by atoms with Crippen LogP contribution in [0.4, 0.5) is 0 Å². The van der Waals surface area contributed by atoms with Crippen LogP contribution in [0.15, 0.2) is 16.7 Å². The van der Waals surface area contributed by atoms with Gasteiger partial charge in [0.1, 0.15) is 16.0 Å². The van der Waals surface area contributed by atoms with Crippen LogP contribution in [0.1, 0.15) is 11.1 Å². The molecule has 0 saturated heterocycles. The molecule has 0 aliphatic rings. The molecular weight excluding hydrogens is 325 g/mol. The molecule has 0 amide bonds. The molecule has 0 aliphatic heterocycles. The highest BCUT2D eigenvalue weighted by Crippen LogP contribution is 2.30. The maximum absolute atomic E-state index is 5.94. The third kappa shape index (κ3) is 2.59. The van der Waals surface area contributed by atoms with Gasteiger partial charge in [-0.2, -0.15) is 0 Å². The number of nitrogens with zero attached hydrogens (tertiary/aromatic N) is 3. The molecule has 88 valence electrons. The van der Waals surface area contributed by atoms with Gasteiger partial charge in [-0.3, -0.25) is 4.98 Å². The fourth-order valence-electron chi connectivity index (χ4n) is 1.45. The van der Waals surface area contributed by atoms with Gasteiger partial charge >= 0.3 is 0 Å². The highest BCUT2D eigenvalue weighted by atomic mass is 79.9. The molecule has 0 unspecified atom stereocenters. The number of rotatable bonds is 1. The van der Waals surface area contributed by atoms with Crippen molar-refractivity contribution in [3.8, 4) is 11.5 Å². The van der Waals surface area contributed by atoms with E-state index in [1.807, 2.05) is 19.9 Å². The summed E-state index contributed by atoms with van der Waals surface area (Å²) in [5.74, 6) is 0.431.